The van der Waals surface area contributed by atoms with Crippen LogP contribution in [0.1, 0.15) is 10.6 Å². The van der Waals surface area contributed by atoms with Crippen molar-refractivity contribution >= 4 is 16.5 Å². The summed E-state index contributed by atoms with van der Waals surface area (Å²) in [4.78, 5) is 0. The predicted molar refractivity (Wildman–Crippen MR) is 69.0 cm³/mol. The molecule has 0 aliphatic carbocycles. The van der Waals surface area contributed by atoms with Crippen LogP contribution >= 0.6 is 11.3 Å². The van der Waals surface area contributed by atoms with Gasteiger partial charge >= 0.3 is 0 Å². The van der Waals surface area contributed by atoms with Crippen molar-refractivity contribution in [1.29, 1.82) is 0 Å². The molecule has 0 unspecified atom stereocenters. The molecule has 0 saturated carbocycles. The van der Waals surface area contributed by atoms with Gasteiger partial charge < -0.3 is 10.5 Å². The first kappa shape index (κ1) is 11.6. The molecule has 4 nitrogen and oxygen atoms in total. The predicted octanol–water partition coefficient (Wildman–Crippen LogP) is 2.43. The lowest BCUT2D eigenvalue weighted by Gasteiger charge is -2.08. The monoisotopic (exact) mass is 247 g/mol. The van der Waals surface area contributed by atoms with Gasteiger partial charge in [0.25, 0.3) is 0 Å². The molecule has 2 rings (SSSR count). The largest absolute Gasteiger partial charge is 0.486 e. The molecule has 17 heavy (non-hydrogen) atoms. The molecule has 0 atom stereocenters. The SMILES string of the molecule is C=CCc1ccccc1OCc1nnc(N)s1. The Morgan fingerprint density at radius 1 is 1.35 bits per heavy atom. The van der Waals surface area contributed by atoms with Crippen LogP contribution in [-0.4, -0.2) is 10.2 Å². The number of para-hydroxylation sites is 1. The number of aromatic nitrogens is 2. The van der Waals surface area contributed by atoms with Crippen molar-refractivity contribution < 1.29 is 4.74 Å². The van der Waals surface area contributed by atoms with Crippen LogP contribution in [0.2, 0.25) is 0 Å². The van der Waals surface area contributed by atoms with Crippen molar-refractivity contribution in [3.8, 4) is 5.75 Å². The lowest BCUT2D eigenvalue weighted by Crippen LogP contribution is -1.97. The summed E-state index contributed by atoms with van der Waals surface area (Å²) in [6.07, 6.45) is 2.64. The van der Waals surface area contributed by atoms with Crippen LogP contribution in [0.15, 0.2) is 36.9 Å². The second-order valence-corrected chi connectivity index (χ2v) is 4.52. The van der Waals surface area contributed by atoms with Crippen LogP contribution in [0.3, 0.4) is 0 Å². The van der Waals surface area contributed by atoms with Gasteiger partial charge in [0.1, 0.15) is 12.4 Å². The summed E-state index contributed by atoms with van der Waals surface area (Å²) in [5.41, 5.74) is 6.61. The van der Waals surface area contributed by atoms with Crippen molar-refractivity contribution in [2.24, 2.45) is 0 Å². The van der Waals surface area contributed by atoms with E-state index in [1.54, 1.807) is 0 Å². The molecule has 0 amide bonds. The molecule has 2 aromatic rings. The zero-order valence-corrected chi connectivity index (χ0v) is 10.1. The van der Waals surface area contributed by atoms with Gasteiger partial charge in [-0.05, 0) is 18.1 Å². The fourth-order valence-corrected chi connectivity index (χ4v) is 1.96. The Balaban J connectivity index is 2.05. The Kier molecular flexibility index (Phi) is 3.72. The average Bonchev–Trinajstić information content (AvgIpc) is 2.74. The maximum Gasteiger partial charge on any atom is 0.203 e. The molecule has 0 saturated heterocycles. The first-order valence-electron chi connectivity index (χ1n) is 5.19. The Morgan fingerprint density at radius 2 is 2.18 bits per heavy atom. The average molecular weight is 247 g/mol. The highest BCUT2D eigenvalue weighted by molar-refractivity contribution is 7.15. The summed E-state index contributed by atoms with van der Waals surface area (Å²) in [6.45, 7) is 4.12. The highest BCUT2D eigenvalue weighted by Crippen LogP contribution is 2.21. The maximum atomic E-state index is 5.69. The molecule has 0 aliphatic heterocycles. The first-order valence-corrected chi connectivity index (χ1v) is 6.00. The van der Waals surface area contributed by atoms with Crippen LogP contribution in [0, 0.1) is 0 Å². The van der Waals surface area contributed by atoms with Gasteiger partial charge in [-0.2, -0.15) is 0 Å². The third kappa shape index (κ3) is 3.04. The standard InChI is InChI=1S/C12H13N3OS/c1-2-5-9-6-3-4-7-10(9)16-8-11-14-15-12(13)17-11/h2-4,6-7H,1,5,8H2,(H2,13,15). The number of nitrogens with zero attached hydrogens (tertiary/aromatic N) is 2. The molecule has 1 aromatic carbocycles. The van der Waals surface area contributed by atoms with Crippen molar-refractivity contribution in [2.75, 3.05) is 5.73 Å². The number of benzene rings is 1. The molecule has 1 heterocycles. The number of hydrogen-bond donors (Lipinski definition) is 1. The van der Waals surface area contributed by atoms with E-state index in [4.69, 9.17) is 10.5 Å². The van der Waals surface area contributed by atoms with Crippen LogP contribution in [-0.2, 0) is 13.0 Å². The number of ether oxygens (including phenoxy) is 1. The van der Waals surface area contributed by atoms with E-state index in [2.05, 4.69) is 16.8 Å². The second kappa shape index (κ2) is 5.45. The van der Waals surface area contributed by atoms with E-state index in [1.165, 1.54) is 11.3 Å². The van der Waals surface area contributed by atoms with Gasteiger partial charge in [-0.15, -0.1) is 16.8 Å². The highest BCUT2D eigenvalue weighted by atomic mass is 32.1. The molecule has 0 aliphatic rings. The van der Waals surface area contributed by atoms with Crippen molar-refractivity contribution in [2.45, 2.75) is 13.0 Å². The maximum absolute atomic E-state index is 5.69. The molecule has 88 valence electrons. The van der Waals surface area contributed by atoms with E-state index in [-0.39, 0.29) is 0 Å². The third-order valence-electron chi connectivity index (χ3n) is 2.17. The van der Waals surface area contributed by atoms with Gasteiger partial charge in [0.2, 0.25) is 5.13 Å². The zero-order chi connectivity index (χ0) is 12.1. The summed E-state index contributed by atoms with van der Waals surface area (Å²) < 4.78 is 5.69. The van der Waals surface area contributed by atoms with E-state index in [9.17, 15) is 0 Å². The third-order valence-corrected chi connectivity index (χ3v) is 2.90. The second-order valence-electron chi connectivity index (χ2n) is 3.42. The molecule has 0 fully saturated rings. The Hall–Kier alpha value is -1.88. The van der Waals surface area contributed by atoms with E-state index >= 15 is 0 Å². The fraction of sp³-hybridized carbons (Fsp3) is 0.167. The van der Waals surface area contributed by atoms with Crippen LogP contribution in [0.4, 0.5) is 5.13 Å². The molecular formula is C12H13N3OS. The quantitative estimate of drug-likeness (QED) is 0.824. The van der Waals surface area contributed by atoms with Crippen molar-refractivity contribution in [3.05, 3.63) is 47.5 Å². The summed E-state index contributed by atoms with van der Waals surface area (Å²) >= 11 is 1.34. The lowest BCUT2D eigenvalue weighted by atomic mass is 10.1. The normalized spacial score (nSPS) is 10.1. The van der Waals surface area contributed by atoms with Gasteiger partial charge in [-0.3, -0.25) is 0 Å². The lowest BCUT2D eigenvalue weighted by molar-refractivity contribution is 0.302. The molecule has 0 bridgehead atoms. The van der Waals surface area contributed by atoms with Crippen molar-refractivity contribution in [1.82, 2.24) is 10.2 Å². The Bertz CT molecular complexity index is 510. The van der Waals surface area contributed by atoms with Gasteiger partial charge in [0.15, 0.2) is 5.01 Å². The van der Waals surface area contributed by atoms with Crippen molar-refractivity contribution in [3.63, 3.8) is 0 Å². The Morgan fingerprint density at radius 3 is 2.88 bits per heavy atom. The first-order chi connectivity index (χ1) is 8.29. The minimum absolute atomic E-state index is 0.392. The molecule has 1 aromatic heterocycles. The molecule has 5 heteroatoms. The smallest absolute Gasteiger partial charge is 0.203 e. The number of anilines is 1. The van der Waals surface area contributed by atoms with Gasteiger partial charge in [0.05, 0.1) is 0 Å². The zero-order valence-electron chi connectivity index (χ0n) is 9.30. The number of hydrogen-bond acceptors (Lipinski definition) is 5. The summed E-state index contributed by atoms with van der Waals surface area (Å²) in [7, 11) is 0. The number of allylic oxidation sites excluding steroid dienone is 1. The minimum atomic E-state index is 0.392. The minimum Gasteiger partial charge on any atom is -0.486 e. The van der Waals surface area contributed by atoms with E-state index < -0.39 is 0 Å². The Labute approximate surface area is 104 Å². The van der Waals surface area contributed by atoms with Crippen LogP contribution in [0.25, 0.3) is 0 Å². The van der Waals surface area contributed by atoms with Gasteiger partial charge in [0, 0.05) is 0 Å². The van der Waals surface area contributed by atoms with E-state index in [0.29, 0.717) is 11.7 Å². The van der Waals surface area contributed by atoms with E-state index in [1.807, 2.05) is 30.3 Å². The van der Waals surface area contributed by atoms with Crippen LogP contribution < -0.4 is 10.5 Å². The van der Waals surface area contributed by atoms with Gasteiger partial charge in [-0.1, -0.05) is 35.6 Å². The molecule has 0 spiro atoms. The number of nitrogens with two attached hydrogens (primary N) is 1. The van der Waals surface area contributed by atoms with E-state index in [0.717, 1.165) is 22.7 Å². The number of nitrogen functional groups attached to an aromatic ring is 1. The fourth-order valence-electron chi connectivity index (χ4n) is 1.43. The highest BCUT2D eigenvalue weighted by Gasteiger charge is 2.04. The summed E-state index contributed by atoms with van der Waals surface area (Å²) in [5, 5.41) is 8.88. The van der Waals surface area contributed by atoms with Crippen LogP contribution in [0.5, 0.6) is 5.75 Å². The molecule has 0 radical (unpaired) electrons. The van der Waals surface area contributed by atoms with Gasteiger partial charge in [-0.25, -0.2) is 0 Å². The molecule has 2 N–H and O–H groups in total. The summed E-state index contributed by atoms with van der Waals surface area (Å²) in [5.74, 6) is 0.848. The number of rotatable bonds is 5. The summed E-state index contributed by atoms with van der Waals surface area (Å²) in [6, 6.07) is 7.87. The topological polar surface area (TPSA) is 61.0 Å². The molecular weight excluding hydrogens is 234 g/mol.